The van der Waals surface area contributed by atoms with Gasteiger partial charge in [-0.3, -0.25) is 19.0 Å². The number of aromatic nitrogens is 1. The molecule has 2 heterocycles. The van der Waals surface area contributed by atoms with Crippen molar-refractivity contribution in [2.45, 2.75) is 44.1 Å². The first-order chi connectivity index (χ1) is 11.9. The van der Waals surface area contributed by atoms with E-state index in [-0.39, 0.29) is 23.9 Å². The summed E-state index contributed by atoms with van der Waals surface area (Å²) in [6.45, 7) is 3.39. The molecule has 0 radical (unpaired) electrons. The molecule has 1 aliphatic carbocycles. The van der Waals surface area contributed by atoms with Crippen molar-refractivity contribution in [1.29, 1.82) is 0 Å². The average molecular weight is 340 g/mol. The normalized spacial score (nSPS) is 28.3. The van der Waals surface area contributed by atoms with Gasteiger partial charge in [0, 0.05) is 34.9 Å². The van der Waals surface area contributed by atoms with Crippen LogP contribution in [0.25, 0.3) is 10.9 Å². The van der Waals surface area contributed by atoms with Crippen LogP contribution in [0, 0.1) is 0 Å². The number of rotatable bonds is 3. The highest BCUT2D eigenvalue weighted by Gasteiger charge is 2.58. The van der Waals surface area contributed by atoms with Crippen LogP contribution < -0.4 is 5.48 Å². The van der Waals surface area contributed by atoms with E-state index in [4.69, 9.17) is 4.84 Å². The Kier molecular flexibility index (Phi) is 3.30. The summed E-state index contributed by atoms with van der Waals surface area (Å²) in [7, 11) is 1.39. The molecule has 2 aliphatic rings. The third-order valence-electron chi connectivity index (χ3n) is 5.71. The molecule has 1 aromatic carbocycles. The second-order valence-corrected chi connectivity index (χ2v) is 7.24. The Labute approximate surface area is 145 Å². The molecule has 2 aromatic rings. The second kappa shape index (κ2) is 5.09. The second-order valence-electron chi connectivity index (χ2n) is 7.24. The van der Waals surface area contributed by atoms with Crippen LogP contribution in [0.5, 0.6) is 0 Å². The van der Waals surface area contributed by atoms with Crippen molar-refractivity contribution in [1.82, 2.24) is 10.0 Å². The number of para-hydroxylation sites is 1. The van der Waals surface area contributed by atoms with Crippen LogP contribution in [0.1, 0.15) is 49.2 Å². The van der Waals surface area contributed by atoms with Crippen molar-refractivity contribution in [2.75, 3.05) is 7.11 Å². The molecule has 1 aromatic heterocycles. The van der Waals surface area contributed by atoms with Gasteiger partial charge in [0.05, 0.1) is 12.6 Å². The Balaban J connectivity index is 2.22. The molecule has 0 bridgehead atoms. The minimum Gasteiger partial charge on any atom is -0.303 e. The molecule has 0 saturated carbocycles. The Hall–Kier alpha value is -2.31. The first-order valence-corrected chi connectivity index (χ1v) is 8.39. The molecule has 0 spiro atoms. The smallest absolute Gasteiger partial charge is 0.231 e. The number of hydrogen-bond donors (Lipinski definition) is 1. The van der Waals surface area contributed by atoms with Gasteiger partial charge in [-0.1, -0.05) is 25.1 Å². The zero-order valence-corrected chi connectivity index (χ0v) is 14.5. The quantitative estimate of drug-likeness (QED) is 0.685. The van der Waals surface area contributed by atoms with Gasteiger partial charge in [0.15, 0.2) is 17.1 Å². The van der Waals surface area contributed by atoms with Crippen molar-refractivity contribution in [3.05, 3.63) is 35.5 Å². The van der Waals surface area contributed by atoms with Crippen LogP contribution >= 0.6 is 0 Å². The molecule has 1 N–H and O–H groups in total. The summed E-state index contributed by atoms with van der Waals surface area (Å²) >= 11 is 0. The first kappa shape index (κ1) is 16.2. The fourth-order valence-corrected chi connectivity index (χ4v) is 4.57. The minimum absolute atomic E-state index is 0.000794. The zero-order chi connectivity index (χ0) is 18.0. The third kappa shape index (κ3) is 1.84. The molecule has 6 heteroatoms. The van der Waals surface area contributed by atoms with Gasteiger partial charge in [0.25, 0.3) is 0 Å². The van der Waals surface area contributed by atoms with Gasteiger partial charge >= 0.3 is 0 Å². The van der Waals surface area contributed by atoms with Gasteiger partial charge in [0.1, 0.15) is 0 Å². The number of Topliss-reactive ketones (excluding diaryl/α,β-unsaturated/α-hetero) is 2. The zero-order valence-electron chi connectivity index (χ0n) is 14.5. The molecular weight excluding hydrogens is 320 g/mol. The fraction of sp³-hybridized carbons (Fsp3) is 0.421. The maximum absolute atomic E-state index is 13.2. The van der Waals surface area contributed by atoms with Gasteiger partial charge in [-0.2, -0.15) is 5.48 Å². The standard InChI is InChI=1S/C19H20N2O4/c1-11(22)19(20-25-3)14(23)10-18(2)9-8-15(24)21-13-7-5-4-6-12(13)16(19)17(18)21/h4-7,20H,8-10H2,1-3H3/t18-,19-/m1/s1. The van der Waals surface area contributed by atoms with E-state index in [0.717, 1.165) is 16.6 Å². The largest absolute Gasteiger partial charge is 0.303 e. The van der Waals surface area contributed by atoms with E-state index in [1.807, 2.05) is 31.2 Å². The Morgan fingerprint density at radius 3 is 2.68 bits per heavy atom. The van der Waals surface area contributed by atoms with E-state index >= 15 is 0 Å². The Morgan fingerprint density at radius 2 is 2.00 bits per heavy atom. The van der Waals surface area contributed by atoms with Crippen molar-refractivity contribution in [2.24, 2.45) is 0 Å². The molecule has 1 aliphatic heterocycles. The van der Waals surface area contributed by atoms with Crippen LogP contribution in [-0.4, -0.2) is 29.2 Å². The highest BCUT2D eigenvalue weighted by molar-refractivity contribution is 6.17. The van der Waals surface area contributed by atoms with Crippen LogP contribution in [-0.2, 0) is 25.4 Å². The number of carbonyl (C=O) groups is 3. The van der Waals surface area contributed by atoms with Crippen LogP contribution in [0.4, 0.5) is 0 Å². The predicted molar refractivity (Wildman–Crippen MR) is 91.3 cm³/mol. The lowest BCUT2D eigenvalue weighted by Crippen LogP contribution is -2.60. The predicted octanol–water partition coefficient (Wildman–Crippen LogP) is 2.24. The van der Waals surface area contributed by atoms with E-state index in [9.17, 15) is 14.4 Å². The van der Waals surface area contributed by atoms with Crippen LogP contribution in [0.15, 0.2) is 24.3 Å². The monoisotopic (exact) mass is 340 g/mol. The Morgan fingerprint density at radius 1 is 1.28 bits per heavy atom. The van der Waals surface area contributed by atoms with Gasteiger partial charge in [-0.25, -0.2) is 0 Å². The van der Waals surface area contributed by atoms with Crippen molar-refractivity contribution >= 4 is 28.4 Å². The molecule has 2 atom stereocenters. The number of hydrogen-bond acceptors (Lipinski definition) is 5. The highest BCUT2D eigenvalue weighted by atomic mass is 16.6. The van der Waals surface area contributed by atoms with Gasteiger partial charge in [-0.05, 0) is 19.4 Å². The minimum atomic E-state index is -1.58. The number of benzene rings is 1. The number of carbonyl (C=O) groups excluding carboxylic acids is 3. The number of nitrogens with zero attached hydrogens (tertiary/aromatic N) is 1. The van der Waals surface area contributed by atoms with E-state index in [0.29, 0.717) is 18.4 Å². The molecule has 0 saturated heterocycles. The number of fused-ring (bicyclic) bond motifs is 3. The first-order valence-electron chi connectivity index (χ1n) is 8.39. The van der Waals surface area contributed by atoms with E-state index in [1.54, 1.807) is 4.57 Å². The number of nitrogens with one attached hydrogen (secondary N) is 1. The van der Waals surface area contributed by atoms with Gasteiger partial charge in [0.2, 0.25) is 5.91 Å². The lowest BCUT2D eigenvalue weighted by atomic mass is 9.62. The summed E-state index contributed by atoms with van der Waals surface area (Å²) in [5, 5.41) is 0.742. The van der Waals surface area contributed by atoms with Gasteiger partial charge < -0.3 is 4.84 Å². The SMILES string of the molecule is CON[C@]1(C(C)=O)C(=O)C[C@@]2(C)CCC(=O)n3c2c1c1ccccc13. The van der Waals surface area contributed by atoms with E-state index in [1.165, 1.54) is 14.0 Å². The lowest BCUT2D eigenvalue weighted by Gasteiger charge is -2.44. The fourth-order valence-electron chi connectivity index (χ4n) is 4.57. The molecule has 0 unspecified atom stereocenters. The van der Waals surface area contributed by atoms with Gasteiger partial charge in [-0.15, -0.1) is 0 Å². The summed E-state index contributed by atoms with van der Waals surface area (Å²) < 4.78 is 1.70. The number of hydroxylamine groups is 1. The topological polar surface area (TPSA) is 77.4 Å². The maximum Gasteiger partial charge on any atom is 0.231 e. The summed E-state index contributed by atoms with van der Waals surface area (Å²) in [6.07, 6.45) is 1.18. The lowest BCUT2D eigenvalue weighted by molar-refractivity contribution is -0.145. The molecule has 25 heavy (non-hydrogen) atoms. The number of ketones is 2. The molecule has 6 nitrogen and oxygen atoms in total. The highest BCUT2D eigenvalue weighted by Crippen LogP contribution is 2.51. The van der Waals surface area contributed by atoms with E-state index < -0.39 is 11.0 Å². The summed E-state index contributed by atoms with van der Waals surface area (Å²) in [5.41, 5.74) is 2.72. The average Bonchev–Trinajstić information content (AvgIpc) is 2.93. The summed E-state index contributed by atoms with van der Waals surface area (Å²) in [4.78, 5) is 43.7. The van der Waals surface area contributed by atoms with Crippen molar-refractivity contribution < 1.29 is 19.2 Å². The van der Waals surface area contributed by atoms with Crippen molar-refractivity contribution in [3.8, 4) is 0 Å². The molecule has 4 rings (SSSR count). The van der Waals surface area contributed by atoms with Crippen LogP contribution in [0.2, 0.25) is 0 Å². The molecule has 0 amide bonds. The summed E-state index contributed by atoms with van der Waals surface area (Å²) in [6, 6.07) is 7.43. The van der Waals surface area contributed by atoms with Crippen LogP contribution in [0.3, 0.4) is 0 Å². The molecule has 0 fully saturated rings. The van der Waals surface area contributed by atoms with E-state index in [2.05, 4.69) is 5.48 Å². The molecular formula is C19H20N2O4. The Bertz CT molecular complexity index is 944. The summed E-state index contributed by atoms with van der Waals surface area (Å²) in [5.74, 6) is -0.549. The third-order valence-corrected chi connectivity index (χ3v) is 5.71. The maximum atomic E-state index is 13.2. The van der Waals surface area contributed by atoms with Crippen molar-refractivity contribution in [3.63, 3.8) is 0 Å². The molecule has 130 valence electrons.